The van der Waals surface area contributed by atoms with E-state index < -0.39 is 6.10 Å². The van der Waals surface area contributed by atoms with Gasteiger partial charge in [-0.05, 0) is 6.92 Å². The molecule has 0 unspecified atom stereocenters. The lowest BCUT2D eigenvalue weighted by molar-refractivity contribution is 0.122. The van der Waals surface area contributed by atoms with Crippen molar-refractivity contribution in [1.29, 1.82) is 0 Å². The number of ether oxygens (including phenoxy) is 1. The van der Waals surface area contributed by atoms with E-state index in [2.05, 4.69) is 10.4 Å². The molecule has 0 amide bonds. The fourth-order valence-corrected chi connectivity index (χ4v) is 2.09. The molecule has 1 aromatic rings. The Labute approximate surface area is 99.3 Å². The van der Waals surface area contributed by atoms with Crippen LogP contribution in [0, 0.1) is 6.92 Å². The molecule has 16 heavy (non-hydrogen) atoms. The zero-order valence-electron chi connectivity index (χ0n) is 9.40. The van der Waals surface area contributed by atoms with E-state index in [1.54, 1.807) is 4.68 Å². The van der Waals surface area contributed by atoms with Gasteiger partial charge in [-0.15, -0.1) is 0 Å². The summed E-state index contributed by atoms with van der Waals surface area (Å²) in [6.07, 6.45) is -0.434. The predicted octanol–water partition coefficient (Wildman–Crippen LogP) is 0.231. The SMILES string of the molecule is Cc1nn(C)c(Cl)c1CN[C@@H]1COC[C@@H]1O. The average molecular weight is 246 g/mol. The molecule has 1 aliphatic rings. The number of aromatic nitrogens is 2. The summed E-state index contributed by atoms with van der Waals surface area (Å²) in [5, 5.41) is 17.7. The van der Waals surface area contributed by atoms with Gasteiger partial charge < -0.3 is 15.2 Å². The lowest BCUT2D eigenvalue weighted by Gasteiger charge is -2.14. The molecule has 1 aliphatic heterocycles. The number of aliphatic hydroxyl groups is 1. The van der Waals surface area contributed by atoms with Crippen LogP contribution in [0.4, 0.5) is 0 Å². The van der Waals surface area contributed by atoms with Gasteiger partial charge in [-0.3, -0.25) is 4.68 Å². The molecular weight excluding hydrogens is 230 g/mol. The summed E-state index contributed by atoms with van der Waals surface area (Å²) in [4.78, 5) is 0. The molecule has 0 aromatic carbocycles. The van der Waals surface area contributed by atoms with Crippen LogP contribution < -0.4 is 5.32 Å². The third kappa shape index (κ3) is 2.22. The van der Waals surface area contributed by atoms with E-state index in [0.717, 1.165) is 11.3 Å². The number of rotatable bonds is 3. The van der Waals surface area contributed by atoms with E-state index in [0.29, 0.717) is 24.9 Å². The molecule has 0 bridgehead atoms. The first-order chi connectivity index (χ1) is 7.59. The zero-order valence-corrected chi connectivity index (χ0v) is 10.2. The Morgan fingerprint density at radius 1 is 1.62 bits per heavy atom. The molecule has 1 fully saturated rings. The normalized spacial score (nSPS) is 25.2. The number of halogens is 1. The third-order valence-corrected chi connectivity index (χ3v) is 3.33. The minimum absolute atomic E-state index is 0.0179. The second-order valence-corrected chi connectivity index (χ2v) is 4.43. The standard InChI is InChI=1S/C10H16ClN3O2/c1-6-7(10(11)14(2)13-6)3-12-8-4-16-5-9(8)15/h8-9,12,15H,3-5H2,1-2H3/t8-,9+/m1/s1. The average Bonchev–Trinajstić information content (AvgIpc) is 2.72. The maximum absolute atomic E-state index is 9.57. The third-order valence-electron chi connectivity index (χ3n) is 2.86. The van der Waals surface area contributed by atoms with Gasteiger partial charge in [0.25, 0.3) is 0 Å². The highest BCUT2D eigenvalue weighted by atomic mass is 35.5. The van der Waals surface area contributed by atoms with Crippen LogP contribution in [0.1, 0.15) is 11.3 Å². The molecule has 0 spiro atoms. The van der Waals surface area contributed by atoms with Gasteiger partial charge in [0.1, 0.15) is 5.15 Å². The molecule has 2 atom stereocenters. The first-order valence-corrected chi connectivity index (χ1v) is 5.64. The zero-order chi connectivity index (χ0) is 11.7. The van der Waals surface area contributed by atoms with Crippen molar-refractivity contribution in [2.45, 2.75) is 25.6 Å². The Morgan fingerprint density at radius 3 is 2.88 bits per heavy atom. The molecule has 6 heteroatoms. The van der Waals surface area contributed by atoms with Crippen LogP contribution in [0.2, 0.25) is 5.15 Å². The monoisotopic (exact) mass is 245 g/mol. The second-order valence-electron chi connectivity index (χ2n) is 4.07. The van der Waals surface area contributed by atoms with Crippen molar-refractivity contribution in [3.63, 3.8) is 0 Å². The van der Waals surface area contributed by atoms with E-state index in [1.807, 2.05) is 14.0 Å². The van der Waals surface area contributed by atoms with Gasteiger partial charge >= 0.3 is 0 Å². The van der Waals surface area contributed by atoms with Crippen molar-refractivity contribution in [1.82, 2.24) is 15.1 Å². The van der Waals surface area contributed by atoms with Crippen LogP contribution in [0.15, 0.2) is 0 Å². The number of aryl methyl sites for hydroxylation is 2. The van der Waals surface area contributed by atoms with E-state index in [1.165, 1.54) is 0 Å². The van der Waals surface area contributed by atoms with E-state index >= 15 is 0 Å². The molecule has 2 heterocycles. The molecule has 90 valence electrons. The summed E-state index contributed by atoms with van der Waals surface area (Å²) in [5.74, 6) is 0. The fraction of sp³-hybridized carbons (Fsp3) is 0.700. The predicted molar refractivity (Wildman–Crippen MR) is 60.4 cm³/mol. The van der Waals surface area contributed by atoms with E-state index in [-0.39, 0.29) is 6.04 Å². The molecule has 1 saturated heterocycles. The first kappa shape index (κ1) is 11.9. The number of hydrogen-bond donors (Lipinski definition) is 2. The van der Waals surface area contributed by atoms with Gasteiger partial charge in [0.2, 0.25) is 0 Å². The minimum Gasteiger partial charge on any atom is -0.389 e. The number of nitrogens with zero attached hydrogens (tertiary/aromatic N) is 2. The highest BCUT2D eigenvalue weighted by molar-refractivity contribution is 6.30. The lowest BCUT2D eigenvalue weighted by Crippen LogP contribution is -2.38. The number of nitrogens with one attached hydrogen (secondary N) is 1. The van der Waals surface area contributed by atoms with Crippen LogP contribution >= 0.6 is 11.6 Å². The molecule has 2 N–H and O–H groups in total. The van der Waals surface area contributed by atoms with Crippen LogP contribution in [0.25, 0.3) is 0 Å². The highest BCUT2D eigenvalue weighted by Gasteiger charge is 2.26. The minimum atomic E-state index is -0.434. The van der Waals surface area contributed by atoms with Gasteiger partial charge in [-0.1, -0.05) is 11.6 Å². The van der Waals surface area contributed by atoms with Crippen molar-refractivity contribution in [2.75, 3.05) is 13.2 Å². The number of hydrogen-bond acceptors (Lipinski definition) is 4. The van der Waals surface area contributed by atoms with Gasteiger partial charge in [0.15, 0.2) is 0 Å². The molecular formula is C10H16ClN3O2. The largest absolute Gasteiger partial charge is 0.389 e. The smallest absolute Gasteiger partial charge is 0.131 e. The van der Waals surface area contributed by atoms with Crippen LogP contribution in [-0.2, 0) is 18.3 Å². The van der Waals surface area contributed by atoms with Crippen molar-refractivity contribution in [3.8, 4) is 0 Å². The molecule has 5 nitrogen and oxygen atoms in total. The second kappa shape index (κ2) is 4.71. The summed E-state index contributed by atoms with van der Waals surface area (Å²) in [7, 11) is 1.81. The summed E-state index contributed by atoms with van der Waals surface area (Å²) in [6.45, 7) is 3.46. The van der Waals surface area contributed by atoms with Gasteiger partial charge in [-0.25, -0.2) is 0 Å². The summed E-state index contributed by atoms with van der Waals surface area (Å²) >= 11 is 6.10. The topological polar surface area (TPSA) is 59.3 Å². The van der Waals surface area contributed by atoms with Crippen LogP contribution in [0.5, 0.6) is 0 Å². The Bertz CT molecular complexity index is 380. The van der Waals surface area contributed by atoms with E-state index in [4.69, 9.17) is 16.3 Å². The fourth-order valence-electron chi connectivity index (χ4n) is 1.85. The summed E-state index contributed by atoms with van der Waals surface area (Å²) in [5.41, 5.74) is 1.89. The van der Waals surface area contributed by atoms with Crippen molar-refractivity contribution < 1.29 is 9.84 Å². The van der Waals surface area contributed by atoms with Crippen molar-refractivity contribution in [2.24, 2.45) is 7.05 Å². The molecule has 2 rings (SSSR count). The van der Waals surface area contributed by atoms with Gasteiger partial charge in [0, 0.05) is 19.2 Å². The van der Waals surface area contributed by atoms with Crippen LogP contribution in [0.3, 0.4) is 0 Å². The van der Waals surface area contributed by atoms with Gasteiger partial charge in [-0.2, -0.15) is 5.10 Å². The van der Waals surface area contributed by atoms with Crippen molar-refractivity contribution in [3.05, 3.63) is 16.4 Å². The Balaban J connectivity index is 1.99. The highest BCUT2D eigenvalue weighted by Crippen LogP contribution is 2.18. The Hall–Kier alpha value is -0.620. The molecule has 0 saturated carbocycles. The van der Waals surface area contributed by atoms with Crippen molar-refractivity contribution >= 4 is 11.6 Å². The lowest BCUT2D eigenvalue weighted by atomic mass is 10.2. The Kier molecular flexibility index (Phi) is 3.49. The summed E-state index contributed by atoms with van der Waals surface area (Å²) < 4.78 is 6.81. The summed E-state index contributed by atoms with van der Waals surface area (Å²) in [6, 6.07) is -0.0179. The Morgan fingerprint density at radius 2 is 2.38 bits per heavy atom. The maximum atomic E-state index is 9.57. The van der Waals surface area contributed by atoms with Crippen LogP contribution in [-0.4, -0.2) is 40.2 Å². The van der Waals surface area contributed by atoms with E-state index in [9.17, 15) is 5.11 Å². The maximum Gasteiger partial charge on any atom is 0.131 e. The first-order valence-electron chi connectivity index (χ1n) is 5.26. The number of aliphatic hydroxyl groups excluding tert-OH is 1. The molecule has 0 aliphatic carbocycles. The quantitative estimate of drug-likeness (QED) is 0.801. The van der Waals surface area contributed by atoms with Gasteiger partial charge in [0.05, 0.1) is 31.1 Å². The molecule has 0 radical (unpaired) electrons. The molecule has 1 aromatic heterocycles.